The van der Waals surface area contributed by atoms with Crippen LogP contribution in [0.25, 0.3) is 0 Å². The Morgan fingerprint density at radius 3 is 2.30 bits per heavy atom. The maximum absolute atomic E-state index is 12.6. The fourth-order valence-corrected chi connectivity index (χ4v) is 3.00. The smallest absolute Gasteiger partial charge is 0.304 e. The molecule has 6 nitrogen and oxygen atoms in total. The zero-order valence-corrected chi connectivity index (χ0v) is 12.2. The summed E-state index contributed by atoms with van der Waals surface area (Å²) in [6.07, 6.45) is 1.99. The lowest BCUT2D eigenvalue weighted by molar-refractivity contribution is -0.145. The van der Waals surface area contributed by atoms with E-state index in [4.69, 9.17) is 5.11 Å². The molecule has 0 aromatic carbocycles. The van der Waals surface area contributed by atoms with Gasteiger partial charge in [-0.05, 0) is 25.9 Å². The van der Waals surface area contributed by atoms with Crippen LogP contribution in [0.1, 0.15) is 26.2 Å². The summed E-state index contributed by atoms with van der Waals surface area (Å²) >= 11 is 0. The van der Waals surface area contributed by atoms with Gasteiger partial charge in [-0.1, -0.05) is 6.92 Å². The van der Waals surface area contributed by atoms with Crippen LogP contribution in [0.3, 0.4) is 0 Å². The van der Waals surface area contributed by atoms with E-state index in [9.17, 15) is 9.59 Å². The summed E-state index contributed by atoms with van der Waals surface area (Å²) in [5.74, 6) is -0.484. The first-order chi connectivity index (χ1) is 9.51. The molecule has 0 saturated carbocycles. The zero-order valence-electron chi connectivity index (χ0n) is 12.2. The van der Waals surface area contributed by atoms with Crippen molar-refractivity contribution < 1.29 is 14.7 Å². The van der Waals surface area contributed by atoms with E-state index >= 15 is 0 Å². The van der Waals surface area contributed by atoms with Gasteiger partial charge in [0.15, 0.2) is 0 Å². The Labute approximate surface area is 120 Å². The Morgan fingerprint density at radius 2 is 1.75 bits per heavy atom. The number of nitrogens with one attached hydrogen (secondary N) is 1. The van der Waals surface area contributed by atoms with E-state index in [0.717, 1.165) is 52.1 Å². The van der Waals surface area contributed by atoms with Crippen LogP contribution in [0.2, 0.25) is 0 Å². The topological polar surface area (TPSA) is 72.9 Å². The first-order valence-corrected chi connectivity index (χ1v) is 7.45. The van der Waals surface area contributed by atoms with Gasteiger partial charge in [0.05, 0.1) is 6.42 Å². The second-order valence-corrected chi connectivity index (χ2v) is 6.09. The van der Waals surface area contributed by atoms with Crippen LogP contribution < -0.4 is 5.32 Å². The molecule has 0 atom stereocenters. The van der Waals surface area contributed by atoms with Crippen molar-refractivity contribution in [1.82, 2.24) is 15.1 Å². The molecule has 0 aliphatic carbocycles. The molecule has 2 aliphatic rings. The second kappa shape index (κ2) is 6.54. The molecule has 0 aromatic heterocycles. The lowest BCUT2D eigenvalue weighted by atomic mass is 9.79. The molecule has 2 saturated heterocycles. The molecule has 1 amide bonds. The highest BCUT2D eigenvalue weighted by molar-refractivity contribution is 5.82. The molecular formula is C14H25N3O3. The molecule has 0 spiro atoms. The maximum atomic E-state index is 12.6. The van der Waals surface area contributed by atoms with Crippen molar-refractivity contribution in [2.75, 3.05) is 45.8 Å². The van der Waals surface area contributed by atoms with Gasteiger partial charge >= 0.3 is 5.97 Å². The third-order valence-electron chi connectivity index (χ3n) is 4.52. The van der Waals surface area contributed by atoms with E-state index in [-0.39, 0.29) is 17.7 Å². The Balaban J connectivity index is 1.81. The molecule has 0 bridgehead atoms. The maximum Gasteiger partial charge on any atom is 0.304 e. The number of carboxylic acid groups (broad SMARTS) is 1. The first-order valence-electron chi connectivity index (χ1n) is 7.45. The molecule has 20 heavy (non-hydrogen) atoms. The van der Waals surface area contributed by atoms with Crippen LogP contribution in [0.4, 0.5) is 0 Å². The van der Waals surface area contributed by atoms with Gasteiger partial charge in [-0.15, -0.1) is 0 Å². The Kier molecular flexibility index (Phi) is 4.99. The lowest BCUT2D eigenvalue weighted by Gasteiger charge is -2.41. The minimum Gasteiger partial charge on any atom is -0.481 e. The number of piperidine rings is 1. The van der Waals surface area contributed by atoms with E-state index in [1.54, 1.807) is 0 Å². The van der Waals surface area contributed by atoms with E-state index in [2.05, 4.69) is 17.1 Å². The minimum atomic E-state index is -0.759. The second-order valence-electron chi connectivity index (χ2n) is 6.09. The zero-order chi connectivity index (χ0) is 14.6. The SMILES string of the molecule is CC1(C(=O)N2CCN(CCC(=O)O)CC2)CCNCC1. The highest BCUT2D eigenvalue weighted by atomic mass is 16.4. The molecule has 2 heterocycles. The molecule has 0 unspecified atom stereocenters. The van der Waals surface area contributed by atoms with Crippen molar-refractivity contribution in [2.45, 2.75) is 26.2 Å². The number of carbonyl (C=O) groups is 2. The standard InChI is InChI=1S/C14H25N3O3/c1-14(3-5-15-6-4-14)13(20)17-10-8-16(9-11-17)7-2-12(18)19/h15H,2-11H2,1H3,(H,18,19). The molecule has 2 rings (SSSR count). The summed E-state index contributed by atoms with van der Waals surface area (Å²) < 4.78 is 0. The fraction of sp³-hybridized carbons (Fsp3) is 0.857. The number of hydrogen-bond acceptors (Lipinski definition) is 4. The number of piperazine rings is 1. The summed E-state index contributed by atoms with van der Waals surface area (Å²) in [5, 5.41) is 12.0. The normalized spacial score (nSPS) is 23.6. The lowest BCUT2D eigenvalue weighted by Crippen LogP contribution is -2.54. The van der Waals surface area contributed by atoms with Crippen LogP contribution in [0.5, 0.6) is 0 Å². The summed E-state index contributed by atoms with van der Waals surface area (Å²) in [5.41, 5.74) is -0.214. The van der Waals surface area contributed by atoms with Gasteiger partial charge in [0.1, 0.15) is 0 Å². The molecular weight excluding hydrogens is 258 g/mol. The number of carboxylic acids is 1. The van der Waals surface area contributed by atoms with Crippen molar-refractivity contribution in [3.05, 3.63) is 0 Å². The molecule has 0 aromatic rings. The van der Waals surface area contributed by atoms with Crippen molar-refractivity contribution in [2.24, 2.45) is 5.41 Å². The Bertz CT molecular complexity index is 359. The molecule has 114 valence electrons. The predicted molar refractivity (Wildman–Crippen MR) is 75.5 cm³/mol. The van der Waals surface area contributed by atoms with Crippen molar-refractivity contribution >= 4 is 11.9 Å². The number of aliphatic carboxylic acids is 1. The van der Waals surface area contributed by atoms with E-state index < -0.39 is 5.97 Å². The van der Waals surface area contributed by atoms with Crippen LogP contribution in [0.15, 0.2) is 0 Å². The highest BCUT2D eigenvalue weighted by Crippen LogP contribution is 2.30. The van der Waals surface area contributed by atoms with E-state index in [0.29, 0.717) is 6.54 Å². The average molecular weight is 283 g/mol. The number of hydrogen-bond donors (Lipinski definition) is 2. The monoisotopic (exact) mass is 283 g/mol. The largest absolute Gasteiger partial charge is 0.481 e. The van der Waals surface area contributed by atoms with Gasteiger partial charge in [-0.2, -0.15) is 0 Å². The van der Waals surface area contributed by atoms with Gasteiger partial charge in [0.2, 0.25) is 5.91 Å². The molecule has 6 heteroatoms. The first kappa shape index (κ1) is 15.3. The molecule has 2 N–H and O–H groups in total. The van der Waals surface area contributed by atoms with Crippen LogP contribution in [0, 0.1) is 5.41 Å². The third kappa shape index (κ3) is 3.70. The fourth-order valence-electron chi connectivity index (χ4n) is 3.00. The summed E-state index contributed by atoms with van der Waals surface area (Å²) in [6, 6.07) is 0. The number of nitrogens with zero attached hydrogens (tertiary/aromatic N) is 2. The van der Waals surface area contributed by atoms with Gasteiger partial charge in [0, 0.05) is 38.1 Å². The van der Waals surface area contributed by atoms with Gasteiger partial charge < -0.3 is 15.3 Å². The third-order valence-corrected chi connectivity index (χ3v) is 4.52. The van der Waals surface area contributed by atoms with Gasteiger partial charge in [-0.25, -0.2) is 0 Å². The average Bonchev–Trinajstić information content (AvgIpc) is 2.45. The molecule has 0 radical (unpaired) electrons. The van der Waals surface area contributed by atoms with Crippen molar-refractivity contribution in [3.63, 3.8) is 0 Å². The number of carbonyl (C=O) groups excluding carboxylic acids is 1. The Morgan fingerprint density at radius 1 is 1.15 bits per heavy atom. The van der Waals surface area contributed by atoms with E-state index in [1.807, 2.05) is 4.90 Å². The Hall–Kier alpha value is -1.14. The van der Waals surface area contributed by atoms with Gasteiger partial charge in [0.25, 0.3) is 0 Å². The number of rotatable bonds is 4. The van der Waals surface area contributed by atoms with Gasteiger partial charge in [-0.3, -0.25) is 14.5 Å². The van der Waals surface area contributed by atoms with Crippen LogP contribution in [-0.4, -0.2) is 72.6 Å². The minimum absolute atomic E-state index is 0.178. The number of amides is 1. The molecule has 2 aliphatic heterocycles. The van der Waals surface area contributed by atoms with E-state index in [1.165, 1.54) is 0 Å². The van der Waals surface area contributed by atoms with Crippen LogP contribution in [-0.2, 0) is 9.59 Å². The highest BCUT2D eigenvalue weighted by Gasteiger charge is 2.38. The summed E-state index contributed by atoms with van der Waals surface area (Å²) in [6.45, 7) is 7.51. The van der Waals surface area contributed by atoms with Crippen molar-refractivity contribution in [3.8, 4) is 0 Å². The summed E-state index contributed by atoms with van der Waals surface area (Å²) in [7, 11) is 0. The predicted octanol–water partition coefficient (Wildman–Crippen LogP) is -0.00500. The van der Waals surface area contributed by atoms with Crippen LogP contribution >= 0.6 is 0 Å². The quantitative estimate of drug-likeness (QED) is 0.759. The van der Waals surface area contributed by atoms with Crippen molar-refractivity contribution in [1.29, 1.82) is 0 Å². The molecule has 2 fully saturated rings. The summed E-state index contributed by atoms with van der Waals surface area (Å²) in [4.78, 5) is 27.3.